The zero-order valence-corrected chi connectivity index (χ0v) is 13.9. The fraction of sp³-hybridized carbons (Fsp3) is 0.143. The van der Waals surface area contributed by atoms with E-state index in [1.807, 2.05) is 12.1 Å². The number of sulfone groups is 1. The summed E-state index contributed by atoms with van der Waals surface area (Å²) in [5.74, 6) is -0.947. The van der Waals surface area contributed by atoms with Gasteiger partial charge in [0, 0.05) is 23.7 Å². The van der Waals surface area contributed by atoms with E-state index in [9.17, 15) is 18.3 Å². The van der Waals surface area contributed by atoms with Crippen molar-refractivity contribution >= 4 is 38.6 Å². The van der Waals surface area contributed by atoms with Crippen molar-refractivity contribution in [2.75, 3.05) is 7.05 Å². The summed E-state index contributed by atoms with van der Waals surface area (Å²) >= 11 is 1.26. The number of likely N-dealkylation sites (N-methyl/N-ethyl adjacent to an activating group) is 1. The summed E-state index contributed by atoms with van der Waals surface area (Å²) in [6.07, 6.45) is 1.17. The number of fused-ring (bicyclic) bond motifs is 1. The Morgan fingerprint density at radius 3 is 2.70 bits per heavy atom. The first-order valence-electron chi connectivity index (χ1n) is 6.57. The predicted molar refractivity (Wildman–Crippen MR) is 87.9 cm³/mol. The highest BCUT2D eigenvalue weighted by molar-refractivity contribution is 8.09. The number of amides is 1. The summed E-state index contributed by atoms with van der Waals surface area (Å²) in [7, 11) is -2.13. The van der Waals surface area contributed by atoms with E-state index in [2.05, 4.69) is 10.3 Å². The fourth-order valence-electron chi connectivity index (χ4n) is 2.16. The van der Waals surface area contributed by atoms with Crippen molar-refractivity contribution in [3.63, 3.8) is 0 Å². The normalized spacial score (nSPS) is 19.1. The molecule has 2 aliphatic heterocycles. The number of aliphatic hydroxyl groups excluding tert-OH is 1. The van der Waals surface area contributed by atoms with Crippen LogP contribution in [0.1, 0.15) is 12.5 Å². The monoisotopic (exact) mass is 351 g/mol. The van der Waals surface area contributed by atoms with Crippen LogP contribution in [0.25, 0.3) is 5.76 Å². The molecule has 9 heteroatoms. The van der Waals surface area contributed by atoms with Gasteiger partial charge in [0.05, 0.1) is 4.91 Å². The molecule has 3 rings (SSSR count). The third-order valence-electron chi connectivity index (χ3n) is 3.39. The summed E-state index contributed by atoms with van der Waals surface area (Å²) in [6.45, 7) is 1.40. The van der Waals surface area contributed by atoms with E-state index in [-0.39, 0.29) is 16.4 Å². The number of nitrogens with one attached hydrogen (secondary N) is 1. The first-order valence-corrected chi connectivity index (χ1v) is 8.83. The Bertz CT molecular complexity index is 900. The summed E-state index contributed by atoms with van der Waals surface area (Å²) in [5, 5.41) is 12.2. The Balaban J connectivity index is 1.94. The number of hydrogen-bond acceptors (Lipinski definition) is 7. The second kappa shape index (κ2) is 5.43. The van der Waals surface area contributed by atoms with Gasteiger partial charge >= 0.3 is 0 Å². The van der Waals surface area contributed by atoms with E-state index in [0.717, 1.165) is 4.90 Å². The average molecular weight is 351 g/mol. The van der Waals surface area contributed by atoms with Crippen LogP contribution in [0.5, 0.6) is 0 Å². The quantitative estimate of drug-likeness (QED) is 0.746. The molecule has 0 radical (unpaired) electrons. The number of amidine groups is 1. The second-order valence-electron chi connectivity index (χ2n) is 4.91. The van der Waals surface area contributed by atoms with E-state index >= 15 is 0 Å². The van der Waals surface area contributed by atoms with Gasteiger partial charge < -0.3 is 9.41 Å². The van der Waals surface area contributed by atoms with Gasteiger partial charge in [-0.15, -0.1) is 0 Å². The second-order valence-corrected chi connectivity index (χ2v) is 8.12. The number of allylic oxidation sites excluding steroid dienone is 1. The van der Waals surface area contributed by atoms with Crippen LogP contribution in [-0.2, 0) is 14.6 Å². The maximum absolute atomic E-state index is 12.4. The highest BCUT2D eigenvalue weighted by Gasteiger charge is 2.33. The number of nitrogens with zero attached hydrogens (tertiary/aromatic N) is 2. The van der Waals surface area contributed by atoms with Crippen molar-refractivity contribution < 1.29 is 18.3 Å². The van der Waals surface area contributed by atoms with Gasteiger partial charge in [-0.05, 0) is 31.0 Å². The van der Waals surface area contributed by atoms with Crippen LogP contribution in [0.15, 0.2) is 51.0 Å². The summed E-state index contributed by atoms with van der Waals surface area (Å²) < 4.78 is 25.4. The smallest absolute Gasteiger partial charge is 0.278 e. The highest BCUT2D eigenvalue weighted by Crippen LogP contribution is 2.38. The van der Waals surface area contributed by atoms with Gasteiger partial charge in [-0.2, -0.15) is 0 Å². The number of carbonyl (C=O) groups excluding carboxylic acids is 1. The largest absolute Gasteiger partial charge is 0.505 e. The molecule has 120 valence electrons. The molecule has 0 spiro atoms. The molecule has 0 aromatic heterocycles. The summed E-state index contributed by atoms with van der Waals surface area (Å²) in [4.78, 5) is 17.0. The molecule has 0 fully saturated rings. The number of aliphatic imine (C=N–C) groups is 1. The third-order valence-corrected chi connectivity index (χ3v) is 6.07. The first kappa shape index (κ1) is 15.6. The number of aliphatic hydroxyl groups is 1. The Labute approximate surface area is 137 Å². The minimum atomic E-state index is -3.75. The molecule has 0 atom stereocenters. The van der Waals surface area contributed by atoms with Crippen molar-refractivity contribution in [3.05, 3.63) is 46.6 Å². The van der Waals surface area contributed by atoms with Crippen LogP contribution in [-0.4, -0.2) is 36.0 Å². The van der Waals surface area contributed by atoms with Crippen molar-refractivity contribution in [2.24, 2.45) is 4.99 Å². The van der Waals surface area contributed by atoms with Crippen molar-refractivity contribution in [1.82, 2.24) is 9.62 Å². The lowest BCUT2D eigenvalue weighted by Gasteiger charge is -2.27. The van der Waals surface area contributed by atoms with E-state index in [4.69, 9.17) is 0 Å². The highest BCUT2D eigenvalue weighted by atomic mass is 32.2. The number of hydrogen-bond donors (Lipinski definition) is 2. The van der Waals surface area contributed by atoms with Gasteiger partial charge in [0.25, 0.3) is 5.91 Å². The van der Waals surface area contributed by atoms with Crippen LogP contribution >= 0.6 is 11.9 Å². The molecule has 1 amide bonds. The minimum Gasteiger partial charge on any atom is -0.505 e. The molecule has 0 unspecified atom stereocenters. The van der Waals surface area contributed by atoms with Crippen LogP contribution in [0.4, 0.5) is 0 Å². The number of carbonyl (C=O) groups is 1. The van der Waals surface area contributed by atoms with Crippen molar-refractivity contribution in [1.29, 1.82) is 0 Å². The minimum absolute atomic E-state index is 0.0313. The summed E-state index contributed by atoms with van der Waals surface area (Å²) in [5.41, 5.74) is 0.488. The standard InChI is InChI=1S/C14H13N3O4S2/c1-8-7-15-14(23(8,20)21)16-13(19)11-12(18)9-5-3-4-6-10(9)22-17(11)2/h3-7,18H,1-2H3,(H,15,16,19). The zero-order chi connectivity index (χ0) is 16.8. The third kappa shape index (κ3) is 2.51. The molecule has 2 N–H and O–H groups in total. The van der Waals surface area contributed by atoms with Crippen LogP contribution in [0.3, 0.4) is 0 Å². The molecule has 0 saturated heterocycles. The van der Waals surface area contributed by atoms with Crippen LogP contribution in [0.2, 0.25) is 0 Å². The van der Waals surface area contributed by atoms with E-state index < -0.39 is 20.9 Å². The molecule has 2 aliphatic rings. The van der Waals surface area contributed by atoms with Gasteiger partial charge in [0.15, 0.2) is 11.5 Å². The maximum atomic E-state index is 12.4. The van der Waals surface area contributed by atoms with Crippen LogP contribution in [0, 0.1) is 0 Å². The molecular weight excluding hydrogens is 338 g/mol. The lowest BCUT2D eigenvalue weighted by molar-refractivity contribution is -0.117. The molecule has 1 aromatic carbocycles. The molecule has 2 heterocycles. The number of rotatable bonds is 1. The fourth-order valence-corrected chi connectivity index (χ4v) is 4.03. The van der Waals surface area contributed by atoms with E-state index in [1.54, 1.807) is 19.2 Å². The Morgan fingerprint density at radius 1 is 1.35 bits per heavy atom. The lowest BCUT2D eigenvalue weighted by Crippen LogP contribution is -2.39. The average Bonchev–Trinajstić information content (AvgIpc) is 2.74. The molecular formula is C14H13N3O4S2. The molecule has 0 saturated carbocycles. The molecule has 7 nitrogen and oxygen atoms in total. The van der Waals surface area contributed by atoms with Crippen molar-refractivity contribution in [2.45, 2.75) is 11.8 Å². The topological polar surface area (TPSA) is 99.1 Å². The SMILES string of the molecule is CC1=CN=C(NC(=O)C2=C(O)c3ccccc3SN2C)S1(=O)=O. The Morgan fingerprint density at radius 2 is 2.04 bits per heavy atom. The molecule has 0 aliphatic carbocycles. The zero-order valence-electron chi connectivity index (χ0n) is 12.3. The van der Waals surface area contributed by atoms with Gasteiger partial charge in [0.2, 0.25) is 15.0 Å². The van der Waals surface area contributed by atoms with Gasteiger partial charge in [-0.1, -0.05) is 12.1 Å². The Hall–Kier alpha value is -2.26. The van der Waals surface area contributed by atoms with Crippen molar-refractivity contribution in [3.8, 4) is 0 Å². The van der Waals surface area contributed by atoms with E-state index in [1.165, 1.54) is 29.4 Å². The molecule has 0 bridgehead atoms. The van der Waals surface area contributed by atoms with Gasteiger partial charge in [0.1, 0.15) is 0 Å². The summed E-state index contributed by atoms with van der Waals surface area (Å²) in [6, 6.07) is 7.08. The number of benzene rings is 1. The van der Waals surface area contributed by atoms with Gasteiger partial charge in [-0.25, -0.2) is 13.4 Å². The Kier molecular flexibility index (Phi) is 3.69. The van der Waals surface area contributed by atoms with Gasteiger partial charge in [-0.3, -0.25) is 10.1 Å². The molecule has 1 aromatic rings. The lowest BCUT2D eigenvalue weighted by atomic mass is 10.1. The van der Waals surface area contributed by atoms with E-state index in [0.29, 0.717) is 5.56 Å². The first-order chi connectivity index (χ1) is 10.8. The maximum Gasteiger partial charge on any atom is 0.278 e. The van der Waals surface area contributed by atoms with Crippen LogP contribution < -0.4 is 5.32 Å². The predicted octanol–water partition coefficient (Wildman–Crippen LogP) is 1.63. The molecule has 23 heavy (non-hydrogen) atoms.